The highest BCUT2D eigenvalue weighted by molar-refractivity contribution is 9.11. The zero-order chi connectivity index (χ0) is 25.3. The van der Waals surface area contributed by atoms with E-state index in [4.69, 9.17) is 27.9 Å². The largest absolute Gasteiger partial charge is 0.487 e. The number of nitrogens with zero attached hydrogens (tertiary/aromatic N) is 1. The van der Waals surface area contributed by atoms with Gasteiger partial charge in [-0.25, -0.2) is 14.1 Å². The average molecular weight is 643 g/mol. The predicted molar refractivity (Wildman–Crippen MR) is 138 cm³/mol. The highest BCUT2D eigenvalue weighted by Gasteiger charge is 2.37. The summed E-state index contributed by atoms with van der Waals surface area (Å²) >= 11 is 18.8. The number of hydrogen-bond donors (Lipinski definition) is 1. The van der Waals surface area contributed by atoms with Gasteiger partial charge in [-0.3, -0.25) is 14.9 Å². The number of carbonyl (C=O) groups is 3. The van der Waals surface area contributed by atoms with E-state index in [-0.39, 0.29) is 33.7 Å². The fraction of sp³-hybridized carbons (Fsp3) is 0.0417. The summed E-state index contributed by atoms with van der Waals surface area (Å²) in [6.07, 6.45) is 1.35. The second-order valence-electron chi connectivity index (χ2n) is 7.29. The SMILES string of the molecule is O=C1NC(=O)N(c2ccc(Cl)c(Cl)c2)C(=O)/C1=C/c1cc(Br)c(OCc2cccc(F)c2)c(Br)c1. The number of benzene rings is 3. The smallest absolute Gasteiger partial charge is 0.335 e. The number of urea groups is 1. The lowest BCUT2D eigenvalue weighted by Crippen LogP contribution is -2.54. The second kappa shape index (κ2) is 10.5. The van der Waals surface area contributed by atoms with Gasteiger partial charge in [-0.1, -0.05) is 35.3 Å². The predicted octanol–water partition coefficient (Wildman–Crippen LogP) is 6.90. The molecule has 0 atom stereocenters. The van der Waals surface area contributed by atoms with E-state index < -0.39 is 17.8 Å². The third-order valence-electron chi connectivity index (χ3n) is 4.87. The molecule has 35 heavy (non-hydrogen) atoms. The van der Waals surface area contributed by atoms with Gasteiger partial charge in [-0.15, -0.1) is 0 Å². The first-order valence-corrected chi connectivity index (χ1v) is 12.2. The van der Waals surface area contributed by atoms with Crippen molar-refractivity contribution < 1.29 is 23.5 Å². The lowest BCUT2D eigenvalue weighted by molar-refractivity contribution is -0.122. The van der Waals surface area contributed by atoms with Gasteiger partial charge in [0, 0.05) is 0 Å². The standard InChI is InChI=1S/C24H13Br2Cl2FN2O4/c25-17-8-13(9-18(26)21(17)35-11-12-2-1-3-14(29)6-12)7-16-22(32)30-24(34)31(23(16)33)15-4-5-19(27)20(28)10-15/h1-10H,11H2,(H,30,32,34)/b16-7+. The minimum Gasteiger partial charge on any atom is -0.487 e. The van der Waals surface area contributed by atoms with Crippen LogP contribution in [0.4, 0.5) is 14.9 Å². The van der Waals surface area contributed by atoms with E-state index in [9.17, 15) is 18.8 Å². The maximum absolute atomic E-state index is 13.4. The fourth-order valence-electron chi connectivity index (χ4n) is 3.27. The first-order chi connectivity index (χ1) is 16.6. The van der Waals surface area contributed by atoms with E-state index in [2.05, 4.69) is 37.2 Å². The van der Waals surface area contributed by atoms with Crippen LogP contribution in [0.15, 0.2) is 69.1 Å². The van der Waals surface area contributed by atoms with Crippen LogP contribution in [0.25, 0.3) is 6.08 Å². The molecule has 0 bridgehead atoms. The molecule has 3 aromatic rings. The summed E-state index contributed by atoms with van der Waals surface area (Å²) in [6, 6.07) is 12.6. The Bertz CT molecular complexity index is 1390. The van der Waals surface area contributed by atoms with Crippen molar-refractivity contribution in [3.8, 4) is 5.75 Å². The number of carbonyl (C=O) groups excluding carboxylic acids is 3. The van der Waals surface area contributed by atoms with Crippen molar-refractivity contribution >= 4 is 84.7 Å². The van der Waals surface area contributed by atoms with Crippen molar-refractivity contribution in [2.24, 2.45) is 0 Å². The van der Waals surface area contributed by atoms with Gasteiger partial charge >= 0.3 is 6.03 Å². The molecule has 1 aliphatic rings. The molecule has 0 aliphatic carbocycles. The summed E-state index contributed by atoms with van der Waals surface area (Å²) in [6.45, 7) is 0.122. The molecule has 6 nitrogen and oxygen atoms in total. The molecule has 0 spiro atoms. The fourth-order valence-corrected chi connectivity index (χ4v) is 5.01. The van der Waals surface area contributed by atoms with Gasteiger partial charge in [0.2, 0.25) is 0 Å². The Kier molecular flexibility index (Phi) is 7.61. The second-order valence-corrected chi connectivity index (χ2v) is 9.81. The molecule has 0 unspecified atom stereocenters. The number of amides is 4. The Morgan fingerprint density at radius 3 is 2.34 bits per heavy atom. The first kappa shape index (κ1) is 25.4. The van der Waals surface area contributed by atoms with Gasteiger partial charge in [0.25, 0.3) is 11.8 Å². The van der Waals surface area contributed by atoms with Crippen LogP contribution in [0.2, 0.25) is 10.0 Å². The van der Waals surface area contributed by atoms with Crippen molar-refractivity contribution in [3.63, 3.8) is 0 Å². The van der Waals surface area contributed by atoms with Gasteiger partial charge in [0.15, 0.2) is 0 Å². The topological polar surface area (TPSA) is 75.7 Å². The maximum Gasteiger partial charge on any atom is 0.335 e. The van der Waals surface area contributed by atoms with Crippen LogP contribution in [0.1, 0.15) is 11.1 Å². The Hall–Kier alpha value is -2.72. The van der Waals surface area contributed by atoms with Crippen LogP contribution in [0.5, 0.6) is 5.75 Å². The molecule has 3 aromatic carbocycles. The quantitative estimate of drug-likeness (QED) is 0.243. The number of imide groups is 2. The van der Waals surface area contributed by atoms with Crippen LogP contribution < -0.4 is 15.0 Å². The first-order valence-electron chi connectivity index (χ1n) is 9.87. The number of anilines is 1. The third kappa shape index (κ3) is 5.59. The molecule has 1 heterocycles. The molecule has 0 saturated carbocycles. The molecular weight excluding hydrogens is 630 g/mol. The van der Waals surface area contributed by atoms with Crippen molar-refractivity contribution in [1.29, 1.82) is 0 Å². The lowest BCUT2D eigenvalue weighted by Gasteiger charge is -2.26. The van der Waals surface area contributed by atoms with E-state index in [1.165, 1.54) is 36.4 Å². The molecule has 1 aliphatic heterocycles. The van der Waals surface area contributed by atoms with E-state index in [1.54, 1.807) is 24.3 Å². The van der Waals surface area contributed by atoms with E-state index in [0.717, 1.165) is 4.90 Å². The highest BCUT2D eigenvalue weighted by Crippen LogP contribution is 2.36. The lowest BCUT2D eigenvalue weighted by atomic mass is 10.1. The summed E-state index contributed by atoms with van der Waals surface area (Å²) in [5.74, 6) is -1.58. The number of halogens is 5. The maximum atomic E-state index is 13.4. The molecule has 1 fully saturated rings. The van der Waals surface area contributed by atoms with Gasteiger partial charge in [-0.2, -0.15) is 0 Å². The summed E-state index contributed by atoms with van der Waals surface area (Å²) in [5, 5.41) is 2.55. The van der Waals surface area contributed by atoms with Crippen molar-refractivity contribution in [3.05, 3.63) is 96.1 Å². The van der Waals surface area contributed by atoms with Crippen molar-refractivity contribution in [2.45, 2.75) is 6.61 Å². The minimum absolute atomic E-state index is 0.122. The summed E-state index contributed by atoms with van der Waals surface area (Å²) in [4.78, 5) is 38.7. The van der Waals surface area contributed by atoms with Gasteiger partial charge in [0.1, 0.15) is 23.7 Å². The molecule has 0 aromatic heterocycles. The minimum atomic E-state index is -0.904. The number of rotatable bonds is 5. The van der Waals surface area contributed by atoms with Crippen LogP contribution in [-0.4, -0.2) is 17.8 Å². The molecule has 1 N–H and O–H groups in total. The van der Waals surface area contributed by atoms with Crippen molar-refractivity contribution in [2.75, 3.05) is 4.90 Å². The van der Waals surface area contributed by atoms with E-state index in [0.29, 0.717) is 25.8 Å². The normalized spacial score (nSPS) is 14.9. The van der Waals surface area contributed by atoms with E-state index in [1.807, 2.05) is 0 Å². The number of ether oxygens (including phenoxy) is 1. The molecule has 1 saturated heterocycles. The van der Waals surface area contributed by atoms with Gasteiger partial charge in [-0.05, 0) is 91.5 Å². The van der Waals surface area contributed by atoms with E-state index >= 15 is 0 Å². The Morgan fingerprint density at radius 2 is 1.69 bits per heavy atom. The highest BCUT2D eigenvalue weighted by atomic mass is 79.9. The van der Waals surface area contributed by atoms with Gasteiger partial charge in [0.05, 0.1) is 24.7 Å². The molecule has 11 heteroatoms. The van der Waals surface area contributed by atoms with Gasteiger partial charge < -0.3 is 4.74 Å². The van der Waals surface area contributed by atoms with Crippen LogP contribution in [-0.2, 0) is 16.2 Å². The zero-order valence-corrected chi connectivity index (χ0v) is 22.1. The summed E-state index contributed by atoms with van der Waals surface area (Å²) in [7, 11) is 0. The van der Waals surface area contributed by atoms with Crippen LogP contribution in [0.3, 0.4) is 0 Å². The summed E-state index contributed by atoms with van der Waals surface area (Å²) in [5.41, 5.74) is 1.02. The van der Waals surface area contributed by atoms with Crippen molar-refractivity contribution in [1.82, 2.24) is 5.32 Å². The summed E-state index contributed by atoms with van der Waals surface area (Å²) < 4.78 is 20.3. The Labute approximate surface area is 225 Å². The van der Waals surface area contributed by atoms with Crippen LogP contribution in [0, 0.1) is 5.82 Å². The number of hydrogen-bond acceptors (Lipinski definition) is 4. The van der Waals surface area contributed by atoms with Crippen LogP contribution >= 0.6 is 55.1 Å². The third-order valence-corrected chi connectivity index (χ3v) is 6.78. The monoisotopic (exact) mass is 640 g/mol. The number of barbiturate groups is 1. The molecule has 178 valence electrons. The number of nitrogens with one attached hydrogen (secondary N) is 1. The average Bonchev–Trinajstić information content (AvgIpc) is 2.78. The molecule has 0 radical (unpaired) electrons. The molecule has 4 amide bonds. The zero-order valence-electron chi connectivity index (χ0n) is 17.5. The Balaban J connectivity index is 1.62. The molecule has 4 rings (SSSR count). The Morgan fingerprint density at radius 1 is 0.971 bits per heavy atom. The molecular formula is C24H13Br2Cl2FN2O4.